The highest BCUT2D eigenvalue weighted by Crippen LogP contribution is 2.16. The molecule has 0 aliphatic heterocycles. The van der Waals surface area contributed by atoms with Crippen LogP contribution in [-0.2, 0) is 14.3 Å². The van der Waals surface area contributed by atoms with Crippen molar-refractivity contribution in [2.24, 2.45) is 0 Å². The molecular weight excluding hydrogens is 258 g/mol. The summed E-state index contributed by atoms with van der Waals surface area (Å²) in [7, 11) is 1.41. The van der Waals surface area contributed by atoms with Crippen LogP contribution < -0.4 is 5.32 Å². The summed E-state index contributed by atoms with van der Waals surface area (Å²) >= 11 is 0. The number of carboxylic acids is 1. The molecule has 0 unspecified atom stereocenters. The van der Waals surface area contributed by atoms with E-state index in [0.717, 1.165) is 0 Å². The van der Waals surface area contributed by atoms with Crippen molar-refractivity contribution in [3.63, 3.8) is 0 Å². The second-order valence-electron chi connectivity index (χ2n) is 4.29. The first-order valence-corrected chi connectivity index (χ1v) is 6.32. The summed E-state index contributed by atoms with van der Waals surface area (Å²) in [4.78, 5) is 23.2. The molecule has 1 amide bonds. The van der Waals surface area contributed by atoms with Gasteiger partial charge in [-0.2, -0.15) is 0 Å². The molecule has 108 valence electrons. The summed E-state index contributed by atoms with van der Waals surface area (Å²) < 4.78 is 5.16. The van der Waals surface area contributed by atoms with Crippen molar-refractivity contribution >= 4 is 11.9 Å². The van der Waals surface area contributed by atoms with Gasteiger partial charge in [0, 0.05) is 7.11 Å². The molecule has 1 rings (SSSR count). The minimum Gasteiger partial charge on any atom is -0.480 e. The Morgan fingerprint density at radius 2 is 2.05 bits per heavy atom. The van der Waals surface area contributed by atoms with Crippen LogP contribution in [0.2, 0.25) is 0 Å². The number of methoxy groups -OCH3 is 1. The number of aliphatic carboxylic acids is 1. The van der Waals surface area contributed by atoms with Crippen molar-refractivity contribution in [1.82, 2.24) is 5.32 Å². The number of carbonyl (C=O) groups excluding carboxylic acids is 1. The van der Waals surface area contributed by atoms with Gasteiger partial charge < -0.3 is 15.2 Å². The van der Waals surface area contributed by atoms with Crippen LogP contribution in [0.3, 0.4) is 0 Å². The van der Waals surface area contributed by atoms with Crippen molar-refractivity contribution < 1.29 is 19.4 Å². The number of carbonyl (C=O) groups is 2. The zero-order chi connectivity index (χ0) is 15.0. The van der Waals surface area contributed by atoms with E-state index in [9.17, 15) is 9.59 Å². The highest BCUT2D eigenvalue weighted by Gasteiger charge is 2.25. The number of allylic oxidation sites excluding steroid dienone is 1. The van der Waals surface area contributed by atoms with Gasteiger partial charge in [0.1, 0.15) is 6.04 Å². The molecule has 0 aliphatic carbocycles. The van der Waals surface area contributed by atoms with E-state index in [-0.39, 0.29) is 0 Å². The Bertz CT molecular complexity index is 458. The molecule has 2 N–H and O–H groups in total. The molecule has 0 saturated heterocycles. The van der Waals surface area contributed by atoms with Crippen molar-refractivity contribution in [1.29, 1.82) is 0 Å². The number of hydrogen-bond acceptors (Lipinski definition) is 3. The summed E-state index contributed by atoms with van der Waals surface area (Å²) in [6, 6.07) is 7.99. The lowest BCUT2D eigenvalue weighted by atomic mass is 10.1. The van der Waals surface area contributed by atoms with E-state index in [1.165, 1.54) is 7.11 Å². The average molecular weight is 277 g/mol. The van der Waals surface area contributed by atoms with E-state index < -0.39 is 24.0 Å². The number of amides is 1. The lowest BCUT2D eigenvalue weighted by molar-refractivity contribution is -0.144. The van der Waals surface area contributed by atoms with Crippen molar-refractivity contribution in [2.75, 3.05) is 7.11 Å². The molecule has 0 spiro atoms. The minimum absolute atomic E-state index is 0.301. The highest BCUT2D eigenvalue weighted by atomic mass is 16.5. The minimum atomic E-state index is -1.07. The number of nitrogens with one attached hydrogen (secondary N) is 1. The quantitative estimate of drug-likeness (QED) is 0.712. The van der Waals surface area contributed by atoms with Crippen LogP contribution in [0.5, 0.6) is 0 Å². The molecular formula is C15H19NO4. The molecule has 0 saturated carbocycles. The van der Waals surface area contributed by atoms with Gasteiger partial charge in [-0.3, -0.25) is 4.79 Å². The van der Waals surface area contributed by atoms with Gasteiger partial charge in [-0.15, -0.1) is 6.58 Å². The van der Waals surface area contributed by atoms with Crippen LogP contribution in [0.1, 0.15) is 24.5 Å². The second kappa shape index (κ2) is 8.12. The Hall–Kier alpha value is -2.14. The van der Waals surface area contributed by atoms with Gasteiger partial charge in [0.15, 0.2) is 6.10 Å². The molecule has 0 aliphatic rings. The molecule has 2 atom stereocenters. The standard InChI is InChI=1S/C15H19NO4/c1-3-4-10-12(15(18)19)16-14(17)13(20-2)11-8-6-5-7-9-11/h3,5-9,12-13H,1,4,10H2,2H3,(H,16,17)(H,18,19)/t12-,13-/m0/s1. The zero-order valence-electron chi connectivity index (χ0n) is 11.4. The molecule has 0 radical (unpaired) electrons. The predicted molar refractivity (Wildman–Crippen MR) is 75.2 cm³/mol. The van der Waals surface area contributed by atoms with E-state index >= 15 is 0 Å². The molecule has 5 heteroatoms. The van der Waals surface area contributed by atoms with Crippen LogP contribution in [0.25, 0.3) is 0 Å². The smallest absolute Gasteiger partial charge is 0.326 e. The number of rotatable bonds is 8. The third-order valence-corrected chi connectivity index (χ3v) is 2.85. The van der Waals surface area contributed by atoms with Crippen molar-refractivity contribution in [2.45, 2.75) is 25.0 Å². The molecule has 0 bridgehead atoms. The number of benzene rings is 1. The van der Waals surface area contributed by atoms with Gasteiger partial charge in [-0.05, 0) is 18.4 Å². The fourth-order valence-electron chi connectivity index (χ4n) is 1.81. The SMILES string of the molecule is C=CCC[C@H](NC(=O)[C@@H](OC)c1ccccc1)C(=O)O. The van der Waals surface area contributed by atoms with Gasteiger partial charge in [0.2, 0.25) is 0 Å². The maximum absolute atomic E-state index is 12.1. The Morgan fingerprint density at radius 3 is 2.55 bits per heavy atom. The van der Waals surface area contributed by atoms with E-state index in [1.54, 1.807) is 30.3 Å². The van der Waals surface area contributed by atoms with E-state index in [1.807, 2.05) is 6.07 Å². The number of hydrogen-bond donors (Lipinski definition) is 2. The first kappa shape index (κ1) is 15.9. The lowest BCUT2D eigenvalue weighted by Crippen LogP contribution is -2.43. The summed E-state index contributed by atoms with van der Waals surface area (Å²) in [6.45, 7) is 3.54. The third kappa shape index (κ3) is 4.51. The van der Waals surface area contributed by atoms with Gasteiger partial charge in [0.25, 0.3) is 5.91 Å². The van der Waals surface area contributed by atoms with E-state index in [4.69, 9.17) is 9.84 Å². The monoisotopic (exact) mass is 277 g/mol. The average Bonchev–Trinajstić information content (AvgIpc) is 2.45. The third-order valence-electron chi connectivity index (χ3n) is 2.85. The van der Waals surface area contributed by atoms with Crippen molar-refractivity contribution in [3.05, 3.63) is 48.6 Å². The highest BCUT2D eigenvalue weighted by molar-refractivity contribution is 5.87. The molecule has 1 aromatic carbocycles. The fraction of sp³-hybridized carbons (Fsp3) is 0.333. The lowest BCUT2D eigenvalue weighted by Gasteiger charge is -2.19. The molecule has 5 nitrogen and oxygen atoms in total. The second-order valence-corrected chi connectivity index (χ2v) is 4.29. The van der Waals surface area contributed by atoms with Crippen molar-refractivity contribution in [3.8, 4) is 0 Å². The molecule has 0 aromatic heterocycles. The predicted octanol–water partition coefficient (Wildman–Crippen LogP) is 1.91. The summed E-state index contributed by atoms with van der Waals surface area (Å²) in [5.74, 6) is -1.53. The van der Waals surface area contributed by atoms with Crippen LogP contribution in [0.15, 0.2) is 43.0 Å². The van der Waals surface area contributed by atoms with Crippen LogP contribution in [0, 0.1) is 0 Å². The maximum atomic E-state index is 12.1. The topological polar surface area (TPSA) is 75.6 Å². The Balaban J connectivity index is 2.75. The molecule has 0 heterocycles. The van der Waals surface area contributed by atoms with E-state index in [2.05, 4.69) is 11.9 Å². The zero-order valence-corrected chi connectivity index (χ0v) is 11.4. The Kier molecular flexibility index (Phi) is 6.46. The van der Waals surface area contributed by atoms with Gasteiger partial charge >= 0.3 is 5.97 Å². The number of carboxylic acid groups (broad SMARTS) is 1. The van der Waals surface area contributed by atoms with E-state index in [0.29, 0.717) is 18.4 Å². The number of ether oxygens (including phenoxy) is 1. The first-order chi connectivity index (χ1) is 9.60. The summed E-state index contributed by atoms with van der Waals surface area (Å²) in [5, 5.41) is 11.6. The molecule has 1 aromatic rings. The van der Waals surface area contributed by atoms with Gasteiger partial charge in [0.05, 0.1) is 0 Å². The maximum Gasteiger partial charge on any atom is 0.326 e. The molecule has 0 fully saturated rings. The van der Waals surface area contributed by atoms with Crippen LogP contribution >= 0.6 is 0 Å². The normalized spacial score (nSPS) is 13.2. The van der Waals surface area contributed by atoms with Crippen LogP contribution in [0.4, 0.5) is 0 Å². The van der Waals surface area contributed by atoms with Gasteiger partial charge in [-0.25, -0.2) is 4.79 Å². The largest absolute Gasteiger partial charge is 0.480 e. The first-order valence-electron chi connectivity index (χ1n) is 6.32. The van der Waals surface area contributed by atoms with Crippen LogP contribution in [-0.4, -0.2) is 30.1 Å². The fourth-order valence-corrected chi connectivity index (χ4v) is 1.81. The summed E-state index contributed by atoms with van der Waals surface area (Å²) in [5.41, 5.74) is 0.681. The Labute approximate surface area is 118 Å². The summed E-state index contributed by atoms with van der Waals surface area (Å²) in [6.07, 6.45) is 1.62. The molecule has 20 heavy (non-hydrogen) atoms. The Morgan fingerprint density at radius 1 is 1.40 bits per heavy atom. The van der Waals surface area contributed by atoms with Gasteiger partial charge in [-0.1, -0.05) is 36.4 Å².